The Kier molecular flexibility index (Phi) is 5.06. The molecule has 21 heavy (non-hydrogen) atoms. The van der Waals surface area contributed by atoms with E-state index in [-0.39, 0.29) is 0 Å². The number of nitrogens with one attached hydrogen (secondary N) is 1. The lowest BCUT2D eigenvalue weighted by Crippen LogP contribution is -2.05. The summed E-state index contributed by atoms with van der Waals surface area (Å²) in [5.74, 6) is 0.367. The summed E-state index contributed by atoms with van der Waals surface area (Å²) in [5.41, 5.74) is 2.25. The molecule has 0 saturated heterocycles. The molecule has 0 bridgehead atoms. The molecule has 0 atom stereocenters. The third kappa shape index (κ3) is 3.89. The van der Waals surface area contributed by atoms with Crippen LogP contribution >= 0.6 is 11.6 Å². The summed E-state index contributed by atoms with van der Waals surface area (Å²) in [6.45, 7) is 0.631. The van der Waals surface area contributed by atoms with Crippen molar-refractivity contribution in [3.8, 4) is 5.75 Å². The highest BCUT2D eigenvalue weighted by molar-refractivity contribution is 6.33. The molecule has 2 rings (SSSR count). The Morgan fingerprint density at radius 1 is 1.14 bits per heavy atom. The van der Waals surface area contributed by atoms with Crippen LogP contribution in [0, 0.1) is 0 Å². The van der Waals surface area contributed by atoms with Gasteiger partial charge in [0.1, 0.15) is 5.75 Å². The van der Waals surface area contributed by atoms with Gasteiger partial charge in [0.2, 0.25) is 0 Å². The Bertz CT molecular complexity index is 626. The van der Waals surface area contributed by atoms with Gasteiger partial charge in [-0.1, -0.05) is 23.7 Å². The number of rotatable bonds is 5. The Balaban J connectivity index is 2.07. The SMILES string of the molecule is COC(=O)c1cc(NCc2ccc(OC)cc2)ccc1Cl. The molecule has 5 heteroatoms. The maximum absolute atomic E-state index is 11.6. The van der Waals surface area contributed by atoms with E-state index < -0.39 is 5.97 Å². The first kappa shape index (κ1) is 15.2. The molecule has 0 aliphatic rings. The highest BCUT2D eigenvalue weighted by Crippen LogP contribution is 2.22. The van der Waals surface area contributed by atoms with Crippen LogP contribution in [0.25, 0.3) is 0 Å². The maximum Gasteiger partial charge on any atom is 0.339 e. The zero-order valence-electron chi connectivity index (χ0n) is 11.9. The van der Waals surface area contributed by atoms with Gasteiger partial charge in [0, 0.05) is 12.2 Å². The maximum atomic E-state index is 11.6. The number of ether oxygens (including phenoxy) is 2. The van der Waals surface area contributed by atoms with E-state index in [1.165, 1.54) is 7.11 Å². The fourth-order valence-corrected chi connectivity index (χ4v) is 2.04. The van der Waals surface area contributed by atoms with Gasteiger partial charge in [0.05, 0.1) is 24.8 Å². The summed E-state index contributed by atoms with van der Waals surface area (Å²) >= 11 is 5.98. The summed E-state index contributed by atoms with van der Waals surface area (Å²) in [6, 6.07) is 12.9. The van der Waals surface area contributed by atoms with E-state index in [0.717, 1.165) is 17.0 Å². The second kappa shape index (κ2) is 6.99. The Morgan fingerprint density at radius 3 is 2.48 bits per heavy atom. The summed E-state index contributed by atoms with van der Waals surface area (Å²) < 4.78 is 9.81. The van der Waals surface area contributed by atoms with Crippen molar-refractivity contribution in [2.24, 2.45) is 0 Å². The molecule has 4 nitrogen and oxygen atoms in total. The van der Waals surface area contributed by atoms with E-state index in [2.05, 4.69) is 5.32 Å². The third-order valence-corrected chi connectivity index (χ3v) is 3.36. The van der Waals surface area contributed by atoms with Crippen molar-refractivity contribution in [3.63, 3.8) is 0 Å². The monoisotopic (exact) mass is 305 g/mol. The summed E-state index contributed by atoms with van der Waals surface area (Å²) in [5, 5.41) is 3.61. The van der Waals surface area contributed by atoms with E-state index in [1.54, 1.807) is 19.2 Å². The second-order valence-electron chi connectivity index (χ2n) is 4.39. The number of methoxy groups -OCH3 is 2. The van der Waals surface area contributed by atoms with E-state index >= 15 is 0 Å². The lowest BCUT2D eigenvalue weighted by molar-refractivity contribution is 0.0601. The molecule has 0 aliphatic heterocycles. The highest BCUT2D eigenvalue weighted by Gasteiger charge is 2.11. The molecule has 2 aromatic carbocycles. The smallest absolute Gasteiger partial charge is 0.339 e. The van der Waals surface area contributed by atoms with Crippen molar-refractivity contribution in [1.29, 1.82) is 0 Å². The van der Waals surface area contributed by atoms with Crippen molar-refractivity contribution in [3.05, 3.63) is 58.6 Å². The predicted octanol–water partition coefficient (Wildman–Crippen LogP) is 3.75. The van der Waals surface area contributed by atoms with Crippen molar-refractivity contribution in [2.75, 3.05) is 19.5 Å². The van der Waals surface area contributed by atoms with Crippen molar-refractivity contribution < 1.29 is 14.3 Å². The molecule has 0 fully saturated rings. The van der Waals surface area contributed by atoms with Crippen molar-refractivity contribution >= 4 is 23.3 Å². The van der Waals surface area contributed by atoms with Gasteiger partial charge in [-0.15, -0.1) is 0 Å². The molecule has 0 spiro atoms. The van der Waals surface area contributed by atoms with Crippen LogP contribution < -0.4 is 10.1 Å². The van der Waals surface area contributed by atoms with Gasteiger partial charge in [-0.05, 0) is 35.9 Å². The number of benzene rings is 2. The van der Waals surface area contributed by atoms with E-state index in [0.29, 0.717) is 17.1 Å². The van der Waals surface area contributed by atoms with Gasteiger partial charge < -0.3 is 14.8 Å². The topological polar surface area (TPSA) is 47.6 Å². The van der Waals surface area contributed by atoms with E-state index in [1.807, 2.05) is 30.3 Å². The zero-order valence-corrected chi connectivity index (χ0v) is 12.6. The molecule has 1 N–H and O–H groups in total. The molecule has 0 radical (unpaired) electrons. The summed E-state index contributed by atoms with van der Waals surface area (Å²) in [4.78, 5) is 11.6. The number of halogens is 1. The Labute approximate surface area is 128 Å². The number of hydrogen-bond acceptors (Lipinski definition) is 4. The minimum Gasteiger partial charge on any atom is -0.497 e. The molecule has 2 aromatic rings. The van der Waals surface area contributed by atoms with Gasteiger partial charge in [0.15, 0.2) is 0 Å². The molecule has 110 valence electrons. The highest BCUT2D eigenvalue weighted by atomic mass is 35.5. The van der Waals surface area contributed by atoms with Crippen molar-refractivity contribution in [1.82, 2.24) is 0 Å². The van der Waals surface area contributed by atoms with Gasteiger partial charge in [0.25, 0.3) is 0 Å². The van der Waals surface area contributed by atoms with Gasteiger partial charge in [-0.2, -0.15) is 0 Å². The molecule has 0 amide bonds. The minimum atomic E-state index is -0.451. The number of carbonyl (C=O) groups excluding carboxylic acids is 1. The second-order valence-corrected chi connectivity index (χ2v) is 4.80. The standard InChI is InChI=1S/C16H16ClNO3/c1-20-13-6-3-11(4-7-13)10-18-12-5-8-15(17)14(9-12)16(19)21-2/h3-9,18H,10H2,1-2H3. The van der Waals surface area contributed by atoms with Crippen LogP contribution in [0.4, 0.5) is 5.69 Å². The molecular weight excluding hydrogens is 290 g/mol. The first-order valence-electron chi connectivity index (χ1n) is 6.38. The fourth-order valence-electron chi connectivity index (χ4n) is 1.85. The minimum absolute atomic E-state index is 0.346. The van der Waals surface area contributed by atoms with Crippen LogP contribution in [0.3, 0.4) is 0 Å². The van der Waals surface area contributed by atoms with Gasteiger partial charge in [-0.3, -0.25) is 0 Å². The molecular formula is C16H16ClNO3. The lowest BCUT2D eigenvalue weighted by atomic mass is 10.1. The Hall–Kier alpha value is -2.20. The van der Waals surface area contributed by atoms with E-state index in [9.17, 15) is 4.79 Å². The third-order valence-electron chi connectivity index (χ3n) is 3.03. The average molecular weight is 306 g/mol. The molecule has 0 saturated carbocycles. The zero-order chi connectivity index (χ0) is 15.2. The van der Waals surface area contributed by atoms with Crippen LogP contribution in [0.15, 0.2) is 42.5 Å². The molecule has 0 unspecified atom stereocenters. The predicted molar refractivity (Wildman–Crippen MR) is 83.1 cm³/mol. The molecule has 0 aliphatic carbocycles. The summed E-state index contributed by atoms with van der Waals surface area (Å²) in [6.07, 6.45) is 0. The molecule has 0 heterocycles. The number of esters is 1. The van der Waals surface area contributed by atoms with Gasteiger partial charge in [-0.25, -0.2) is 4.79 Å². The van der Waals surface area contributed by atoms with Crippen LogP contribution in [0.1, 0.15) is 15.9 Å². The van der Waals surface area contributed by atoms with Gasteiger partial charge >= 0.3 is 5.97 Å². The number of carbonyl (C=O) groups is 1. The number of anilines is 1. The normalized spacial score (nSPS) is 10.0. The first-order chi connectivity index (χ1) is 10.1. The number of hydrogen-bond donors (Lipinski definition) is 1. The quantitative estimate of drug-likeness (QED) is 0.855. The lowest BCUT2D eigenvalue weighted by Gasteiger charge is -2.09. The Morgan fingerprint density at radius 2 is 1.86 bits per heavy atom. The largest absolute Gasteiger partial charge is 0.497 e. The average Bonchev–Trinajstić information content (AvgIpc) is 2.53. The van der Waals surface area contributed by atoms with E-state index in [4.69, 9.17) is 21.1 Å². The van der Waals surface area contributed by atoms with Crippen LogP contribution in [-0.4, -0.2) is 20.2 Å². The fraction of sp³-hybridized carbons (Fsp3) is 0.188. The van der Waals surface area contributed by atoms with Crippen LogP contribution in [0.2, 0.25) is 5.02 Å². The molecule has 0 aromatic heterocycles. The first-order valence-corrected chi connectivity index (χ1v) is 6.76. The summed E-state index contributed by atoms with van der Waals surface area (Å²) in [7, 11) is 2.96. The van der Waals surface area contributed by atoms with Crippen molar-refractivity contribution in [2.45, 2.75) is 6.54 Å². The van der Waals surface area contributed by atoms with Crippen LogP contribution in [0.5, 0.6) is 5.75 Å². The van der Waals surface area contributed by atoms with Crippen LogP contribution in [-0.2, 0) is 11.3 Å².